The summed E-state index contributed by atoms with van der Waals surface area (Å²) < 4.78 is 10.7. The summed E-state index contributed by atoms with van der Waals surface area (Å²) in [6, 6.07) is 13.2. The highest BCUT2D eigenvalue weighted by atomic mass is 16.7. The summed E-state index contributed by atoms with van der Waals surface area (Å²) in [4.78, 5) is 27.0. The Balaban J connectivity index is 1.34. The highest BCUT2D eigenvalue weighted by molar-refractivity contribution is 5.99. The van der Waals surface area contributed by atoms with Crippen molar-refractivity contribution in [3.8, 4) is 11.5 Å². The van der Waals surface area contributed by atoms with Gasteiger partial charge in [0.05, 0.1) is 5.56 Å². The molecule has 3 N–H and O–H groups in total. The van der Waals surface area contributed by atoms with Crippen molar-refractivity contribution >= 4 is 17.6 Å². The average molecular weight is 437 g/mol. The molecule has 1 fully saturated rings. The number of fused-ring (bicyclic) bond motifs is 1. The number of urea groups is 1. The van der Waals surface area contributed by atoms with Crippen LogP contribution in [-0.4, -0.2) is 44.4 Å². The van der Waals surface area contributed by atoms with Crippen LogP contribution in [0.25, 0.3) is 0 Å². The molecule has 8 heteroatoms. The highest BCUT2D eigenvalue weighted by Crippen LogP contribution is 2.32. The molecule has 32 heavy (non-hydrogen) atoms. The predicted octanol–water partition coefficient (Wildman–Crippen LogP) is 2.80. The summed E-state index contributed by atoms with van der Waals surface area (Å²) in [6.07, 6.45) is 3.28. The van der Waals surface area contributed by atoms with Crippen LogP contribution in [0.2, 0.25) is 0 Å². The van der Waals surface area contributed by atoms with E-state index < -0.39 is 0 Å². The number of benzene rings is 2. The zero-order valence-corrected chi connectivity index (χ0v) is 17.9. The van der Waals surface area contributed by atoms with Gasteiger partial charge in [0.25, 0.3) is 5.91 Å². The monoisotopic (exact) mass is 436 g/mol. The third-order valence-corrected chi connectivity index (χ3v) is 5.62. The molecule has 0 unspecified atom stereocenters. The first-order chi connectivity index (χ1) is 15.6. The highest BCUT2D eigenvalue weighted by Gasteiger charge is 2.23. The molecule has 2 heterocycles. The van der Waals surface area contributed by atoms with E-state index in [0.717, 1.165) is 42.9 Å². The molecule has 0 spiro atoms. The molecule has 0 bridgehead atoms. The molecule has 0 saturated carbocycles. The SMILES string of the molecule is C=CCNC(=O)NC1CCN(c2ccccc2C(=O)NCc2ccc3c(c2)OCO3)CC1. The normalized spacial score (nSPS) is 15.2. The number of ether oxygens (including phenoxy) is 2. The minimum Gasteiger partial charge on any atom is -0.454 e. The lowest BCUT2D eigenvalue weighted by molar-refractivity contribution is 0.0951. The number of nitrogens with zero attached hydrogens (tertiary/aromatic N) is 1. The van der Waals surface area contributed by atoms with Crippen LogP contribution in [0.1, 0.15) is 28.8 Å². The molecular weight excluding hydrogens is 408 g/mol. The standard InChI is InChI=1S/C24H28N4O4/c1-2-11-25-24(30)27-18-9-12-28(13-10-18)20-6-4-3-5-19(20)23(29)26-15-17-7-8-21-22(14-17)32-16-31-21/h2-8,14,18H,1,9-13,15-16H2,(H,26,29)(H2,25,27,30). The fourth-order valence-corrected chi connectivity index (χ4v) is 3.94. The van der Waals surface area contributed by atoms with Crippen LogP contribution in [0.3, 0.4) is 0 Å². The van der Waals surface area contributed by atoms with E-state index >= 15 is 0 Å². The molecule has 2 aliphatic rings. The Hall–Kier alpha value is -3.68. The first-order valence-corrected chi connectivity index (χ1v) is 10.8. The van der Waals surface area contributed by atoms with E-state index in [4.69, 9.17) is 9.47 Å². The maximum atomic E-state index is 13.0. The van der Waals surface area contributed by atoms with Crippen LogP contribution in [-0.2, 0) is 6.54 Å². The zero-order chi connectivity index (χ0) is 22.3. The molecule has 8 nitrogen and oxygen atoms in total. The minimum absolute atomic E-state index is 0.114. The van der Waals surface area contributed by atoms with Gasteiger partial charge in [-0.1, -0.05) is 24.3 Å². The van der Waals surface area contributed by atoms with Gasteiger partial charge in [-0.25, -0.2) is 4.79 Å². The summed E-state index contributed by atoms with van der Waals surface area (Å²) >= 11 is 0. The number of hydrogen-bond acceptors (Lipinski definition) is 5. The lowest BCUT2D eigenvalue weighted by Gasteiger charge is -2.34. The summed E-state index contributed by atoms with van der Waals surface area (Å²) in [5.74, 6) is 1.30. The number of rotatable bonds is 7. The second-order valence-corrected chi connectivity index (χ2v) is 7.79. The molecule has 4 rings (SSSR count). The van der Waals surface area contributed by atoms with Gasteiger partial charge in [0.2, 0.25) is 6.79 Å². The Bertz CT molecular complexity index is 986. The van der Waals surface area contributed by atoms with Crippen molar-refractivity contribution < 1.29 is 19.1 Å². The van der Waals surface area contributed by atoms with Gasteiger partial charge in [-0.2, -0.15) is 0 Å². The van der Waals surface area contributed by atoms with Gasteiger partial charge in [-0.15, -0.1) is 6.58 Å². The minimum atomic E-state index is -0.174. The zero-order valence-electron chi connectivity index (χ0n) is 17.9. The molecule has 2 aromatic rings. The Morgan fingerprint density at radius 2 is 1.84 bits per heavy atom. The first-order valence-electron chi connectivity index (χ1n) is 10.8. The van der Waals surface area contributed by atoms with Gasteiger partial charge in [0.1, 0.15) is 0 Å². The van der Waals surface area contributed by atoms with E-state index in [1.807, 2.05) is 42.5 Å². The molecule has 1 saturated heterocycles. The number of carbonyl (C=O) groups excluding carboxylic acids is 2. The van der Waals surface area contributed by atoms with E-state index in [2.05, 4.69) is 27.4 Å². The Labute approximate surface area is 187 Å². The molecule has 3 amide bonds. The number of carbonyl (C=O) groups is 2. The Kier molecular flexibility index (Phi) is 6.79. The molecule has 2 aliphatic heterocycles. The van der Waals surface area contributed by atoms with Gasteiger partial charge >= 0.3 is 6.03 Å². The summed E-state index contributed by atoms with van der Waals surface area (Å²) in [5.41, 5.74) is 2.50. The molecule has 168 valence electrons. The fourth-order valence-electron chi connectivity index (χ4n) is 3.94. The fraction of sp³-hybridized carbons (Fsp3) is 0.333. The third-order valence-electron chi connectivity index (χ3n) is 5.62. The van der Waals surface area contributed by atoms with Crippen molar-refractivity contribution in [3.05, 3.63) is 66.2 Å². The number of hydrogen-bond donors (Lipinski definition) is 3. The topological polar surface area (TPSA) is 91.9 Å². The van der Waals surface area contributed by atoms with Crippen LogP contribution >= 0.6 is 0 Å². The van der Waals surface area contributed by atoms with Gasteiger partial charge in [-0.05, 0) is 42.7 Å². The van der Waals surface area contributed by atoms with Crippen molar-refractivity contribution in [2.75, 3.05) is 31.3 Å². The summed E-state index contributed by atoms with van der Waals surface area (Å²) in [5, 5.41) is 8.74. The van der Waals surface area contributed by atoms with E-state index in [1.54, 1.807) is 6.08 Å². The van der Waals surface area contributed by atoms with Crippen LogP contribution in [0, 0.1) is 0 Å². The number of amides is 3. The van der Waals surface area contributed by atoms with E-state index in [0.29, 0.717) is 24.4 Å². The average Bonchev–Trinajstić information content (AvgIpc) is 3.30. The van der Waals surface area contributed by atoms with Crippen molar-refractivity contribution in [2.24, 2.45) is 0 Å². The van der Waals surface area contributed by atoms with Crippen LogP contribution in [0.15, 0.2) is 55.1 Å². The number of piperidine rings is 1. The molecule has 0 aliphatic carbocycles. The third kappa shape index (κ3) is 5.14. The smallest absolute Gasteiger partial charge is 0.315 e. The molecule has 0 atom stereocenters. The first kappa shape index (κ1) is 21.5. The lowest BCUT2D eigenvalue weighted by Crippen LogP contribution is -2.48. The molecule has 0 radical (unpaired) electrons. The van der Waals surface area contributed by atoms with Crippen molar-refractivity contribution in [2.45, 2.75) is 25.4 Å². The van der Waals surface area contributed by atoms with Crippen LogP contribution < -0.4 is 30.3 Å². The quantitative estimate of drug-likeness (QED) is 0.581. The molecule has 2 aromatic carbocycles. The van der Waals surface area contributed by atoms with Crippen molar-refractivity contribution in [1.82, 2.24) is 16.0 Å². The van der Waals surface area contributed by atoms with E-state index in [9.17, 15) is 9.59 Å². The summed E-state index contributed by atoms with van der Waals surface area (Å²) in [6.45, 7) is 6.19. The van der Waals surface area contributed by atoms with Crippen LogP contribution in [0.4, 0.5) is 10.5 Å². The van der Waals surface area contributed by atoms with Gasteiger partial charge in [-0.3, -0.25) is 4.79 Å². The second-order valence-electron chi connectivity index (χ2n) is 7.79. The predicted molar refractivity (Wildman–Crippen MR) is 122 cm³/mol. The van der Waals surface area contributed by atoms with Gasteiger partial charge in [0, 0.05) is 37.9 Å². The van der Waals surface area contributed by atoms with Crippen LogP contribution in [0.5, 0.6) is 11.5 Å². The van der Waals surface area contributed by atoms with Gasteiger partial charge < -0.3 is 30.3 Å². The molecule has 0 aromatic heterocycles. The maximum Gasteiger partial charge on any atom is 0.315 e. The molecular formula is C24H28N4O4. The summed E-state index contributed by atoms with van der Waals surface area (Å²) in [7, 11) is 0. The van der Waals surface area contributed by atoms with E-state index in [1.165, 1.54) is 0 Å². The number of nitrogens with one attached hydrogen (secondary N) is 3. The van der Waals surface area contributed by atoms with E-state index in [-0.39, 0.29) is 24.8 Å². The van der Waals surface area contributed by atoms with Gasteiger partial charge in [0.15, 0.2) is 11.5 Å². The Morgan fingerprint density at radius 3 is 2.66 bits per heavy atom. The second kappa shape index (κ2) is 10.1. The number of anilines is 1. The largest absolute Gasteiger partial charge is 0.454 e. The van der Waals surface area contributed by atoms with Crippen molar-refractivity contribution in [1.29, 1.82) is 0 Å². The number of para-hydroxylation sites is 1. The Morgan fingerprint density at radius 1 is 1.06 bits per heavy atom. The van der Waals surface area contributed by atoms with Crippen molar-refractivity contribution in [3.63, 3.8) is 0 Å². The maximum absolute atomic E-state index is 13.0. The lowest BCUT2D eigenvalue weighted by atomic mass is 10.0.